The molecule has 0 heterocycles. The van der Waals surface area contributed by atoms with Gasteiger partial charge in [0.05, 0.1) is 5.75 Å². The van der Waals surface area contributed by atoms with Crippen molar-refractivity contribution in [2.75, 3.05) is 5.75 Å². The van der Waals surface area contributed by atoms with E-state index in [0.29, 0.717) is 0 Å². The maximum atomic E-state index is 10.9. The summed E-state index contributed by atoms with van der Waals surface area (Å²) in [4.78, 5) is 0. The summed E-state index contributed by atoms with van der Waals surface area (Å²) >= 11 is 0. The lowest BCUT2D eigenvalue weighted by molar-refractivity contribution is 0.247. The summed E-state index contributed by atoms with van der Waals surface area (Å²) in [5.74, 6) is 0.153. The van der Waals surface area contributed by atoms with Gasteiger partial charge in [-0.25, -0.2) is 13.6 Å². The second-order valence-corrected chi connectivity index (χ2v) is 5.79. The first kappa shape index (κ1) is 9.99. The van der Waals surface area contributed by atoms with Gasteiger partial charge >= 0.3 is 0 Å². The van der Waals surface area contributed by atoms with E-state index in [0.717, 1.165) is 25.7 Å². The lowest BCUT2D eigenvalue weighted by atomic mass is 9.77. The molecule has 1 fully saturated rings. The van der Waals surface area contributed by atoms with Crippen LogP contribution in [0, 0.1) is 5.41 Å². The van der Waals surface area contributed by atoms with E-state index in [1.807, 2.05) is 6.92 Å². The molecule has 0 aromatic carbocycles. The molecule has 0 saturated heterocycles. The van der Waals surface area contributed by atoms with Gasteiger partial charge in [-0.1, -0.05) is 26.2 Å². The van der Waals surface area contributed by atoms with E-state index in [2.05, 4.69) is 0 Å². The van der Waals surface area contributed by atoms with Gasteiger partial charge in [-0.05, 0) is 18.3 Å². The third-order valence-electron chi connectivity index (χ3n) is 2.61. The second-order valence-electron chi connectivity index (χ2n) is 4.18. The van der Waals surface area contributed by atoms with Crippen molar-refractivity contribution in [2.24, 2.45) is 10.6 Å². The highest BCUT2D eigenvalue weighted by molar-refractivity contribution is 7.89. The van der Waals surface area contributed by atoms with Crippen LogP contribution in [0.15, 0.2) is 0 Å². The Kier molecular flexibility index (Phi) is 2.78. The van der Waals surface area contributed by atoms with Crippen LogP contribution in [0.2, 0.25) is 0 Å². The van der Waals surface area contributed by atoms with Crippen molar-refractivity contribution in [1.29, 1.82) is 0 Å². The second kappa shape index (κ2) is 3.34. The molecule has 1 rings (SSSR count). The first-order valence-electron chi connectivity index (χ1n) is 4.42. The molecule has 0 radical (unpaired) electrons. The summed E-state index contributed by atoms with van der Waals surface area (Å²) in [6.07, 6.45) is 5.53. The van der Waals surface area contributed by atoms with Gasteiger partial charge in [0.2, 0.25) is 10.0 Å². The van der Waals surface area contributed by atoms with Gasteiger partial charge in [0, 0.05) is 0 Å². The van der Waals surface area contributed by atoms with Gasteiger partial charge in [0.15, 0.2) is 0 Å². The topological polar surface area (TPSA) is 60.2 Å². The van der Waals surface area contributed by atoms with Gasteiger partial charge < -0.3 is 0 Å². The normalized spacial score (nSPS) is 23.8. The van der Waals surface area contributed by atoms with Crippen molar-refractivity contribution in [1.82, 2.24) is 0 Å². The Labute approximate surface area is 74.4 Å². The predicted octanol–water partition coefficient (Wildman–Crippen LogP) is 1.25. The third kappa shape index (κ3) is 3.11. The molecule has 12 heavy (non-hydrogen) atoms. The highest BCUT2D eigenvalue weighted by atomic mass is 32.2. The first-order valence-corrected chi connectivity index (χ1v) is 6.13. The average Bonchev–Trinajstić information content (AvgIpc) is 1.83. The summed E-state index contributed by atoms with van der Waals surface area (Å²) in [5.41, 5.74) is -0.0498. The predicted molar refractivity (Wildman–Crippen MR) is 49.2 cm³/mol. The Morgan fingerprint density at radius 2 is 1.75 bits per heavy atom. The van der Waals surface area contributed by atoms with Gasteiger partial charge in [0.1, 0.15) is 0 Å². The minimum Gasteiger partial charge on any atom is -0.229 e. The maximum absolute atomic E-state index is 10.9. The fraction of sp³-hybridized carbons (Fsp3) is 1.00. The lowest BCUT2D eigenvalue weighted by Crippen LogP contribution is -2.32. The van der Waals surface area contributed by atoms with Crippen molar-refractivity contribution in [3.05, 3.63) is 0 Å². The van der Waals surface area contributed by atoms with E-state index >= 15 is 0 Å². The van der Waals surface area contributed by atoms with Crippen molar-refractivity contribution in [3.63, 3.8) is 0 Å². The van der Waals surface area contributed by atoms with Crippen molar-refractivity contribution < 1.29 is 8.42 Å². The van der Waals surface area contributed by atoms with Crippen LogP contribution in [-0.4, -0.2) is 14.2 Å². The van der Waals surface area contributed by atoms with E-state index in [4.69, 9.17) is 5.14 Å². The molecule has 0 atom stereocenters. The average molecular weight is 191 g/mol. The fourth-order valence-corrected chi connectivity index (χ4v) is 3.30. The molecule has 4 heteroatoms. The minimum atomic E-state index is -3.28. The van der Waals surface area contributed by atoms with E-state index in [-0.39, 0.29) is 11.2 Å². The third-order valence-corrected chi connectivity index (χ3v) is 3.71. The summed E-state index contributed by atoms with van der Waals surface area (Å²) in [6, 6.07) is 0. The molecule has 2 N–H and O–H groups in total. The van der Waals surface area contributed by atoms with Crippen LogP contribution < -0.4 is 5.14 Å². The highest BCUT2D eigenvalue weighted by Crippen LogP contribution is 2.36. The van der Waals surface area contributed by atoms with Crippen LogP contribution in [0.25, 0.3) is 0 Å². The zero-order valence-corrected chi connectivity index (χ0v) is 8.36. The Morgan fingerprint density at radius 1 is 1.25 bits per heavy atom. The first-order chi connectivity index (χ1) is 5.41. The number of primary sulfonamides is 1. The monoisotopic (exact) mass is 191 g/mol. The van der Waals surface area contributed by atoms with Crippen molar-refractivity contribution >= 4 is 10.0 Å². The van der Waals surface area contributed by atoms with Crippen LogP contribution in [0.1, 0.15) is 39.0 Å². The molecule has 0 aromatic heterocycles. The smallest absolute Gasteiger partial charge is 0.209 e. The molecule has 0 aliphatic heterocycles. The zero-order chi connectivity index (χ0) is 9.24. The Balaban J connectivity index is 2.59. The van der Waals surface area contributed by atoms with Crippen LogP contribution in [0.3, 0.4) is 0 Å². The Hall–Kier alpha value is -0.0900. The molecule has 72 valence electrons. The zero-order valence-electron chi connectivity index (χ0n) is 7.54. The molecule has 0 amide bonds. The quantitative estimate of drug-likeness (QED) is 0.714. The van der Waals surface area contributed by atoms with Crippen LogP contribution >= 0.6 is 0 Å². The molecule has 1 aliphatic carbocycles. The summed E-state index contributed by atoms with van der Waals surface area (Å²) in [5, 5.41) is 5.02. The SMILES string of the molecule is CC1(CS(N)(=O)=O)CCCCC1. The summed E-state index contributed by atoms with van der Waals surface area (Å²) in [7, 11) is -3.28. The van der Waals surface area contributed by atoms with Gasteiger partial charge in [-0.3, -0.25) is 0 Å². The van der Waals surface area contributed by atoms with Crippen molar-refractivity contribution in [3.8, 4) is 0 Å². The molecule has 0 spiro atoms. The largest absolute Gasteiger partial charge is 0.229 e. The number of sulfonamides is 1. The van der Waals surface area contributed by atoms with Crippen LogP contribution in [0.5, 0.6) is 0 Å². The number of hydrogen-bond donors (Lipinski definition) is 1. The Bertz CT molecular complexity index is 240. The number of nitrogens with two attached hydrogens (primary N) is 1. The number of hydrogen-bond acceptors (Lipinski definition) is 2. The number of rotatable bonds is 2. The summed E-state index contributed by atoms with van der Waals surface area (Å²) < 4.78 is 21.8. The standard InChI is InChI=1S/C8H17NO2S/c1-8(7-12(9,10)11)5-3-2-4-6-8/h2-7H2,1H3,(H2,9,10,11). The lowest BCUT2D eigenvalue weighted by Gasteiger charge is -2.32. The molecule has 0 bridgehead atoms. The molecular formula is C8H17NO2S. The van der Waals surface area contributed by atoms with E-state index < -0.39 is 10.0 Å². The molecule has 3 nitrogen and oxygen atoms in total. The molecule has 0 unspecified atom stereocenters. The van der Waals surface area contributed by atoms with Gasteiger partial charge in [0.25, 0.3) is 0 Å². The summed E-state index contributed by atoms with van der Waals surface area (Å²) in [6.45, 7) is 2.02. The van der Waals surface area contributed by atoms with Crippen molar-refractivity contribution in [2.45, 2.75) is 39.0 Å². The van der Waals surface area contributed by atoms with E-state index in [1.165, 1.54) is 6.42 Å². The highest BCUT2D eigenvalue weighted by Gasteiger charge is 2.30. The van der Waals surface area contributed by atoms with E-state index in [1.54, 1.807) is 0 Å². The molecular weight excluding hydrogens is 174 g/mol. The fourth-order valence-electron chi connectivity index (χ4n) is 2.04. The van der Waals surface area contributed by atoms with Crippen LogP contribution in [0.4, 0.5) is 0 Å². The van der Waals surface area contributed by atoms with Gasteiger partial charge in [-0.15, -0.1) is 0 Å². The van der Waals surface area contributed by atoms with Gasteiger partial charge in [-0.2, -0.15) is 0 Å². The maximum Gasteiger partial charge on any atom is 0.209 e. The van der Waals surface area contributed by atoms with Crippen LogP contribution in [-0.2, 0) is 10.0 Å². The molecule has 1 saturated carbocycles. The minimum absolute atomic E-state index is 0.0498. The molecule has 1 aliphatic rings. The van der Waals surface area contributed by atoms with E-state index in [9.17, 15) is 8.42 Å². The Morgan fingerprint density at radius 3 is 2.17 bits per heavy atom. The molecule has 0 aromatic rings.